The Kier molecular flexibility index (Phi) is 6.57. The fourth-order valence-electron chi connectivity index (χ4n) is 4.37. The molecular formula is C27H28N4O4S. The van der Waals surface area contributed by atoms with E-state index in [0.29, 0.717) is 10.9 Å². The number of ketones is 1. The number of ether oxygens (including phenoxy) is 1. The smallest absolute Gasteiger partial charge is 0.407 e. The summed E-state index contributed by atoms with van der Waals surface area (Å²) in [4.78, 5) is 29.6. The number of thiazole rings is 1. The Morgan fingerprint density at radius 3 is 2.47 bits per heavy atom. The lowest BCUT2D eigenvalue weighted by Gasteiger charge is -2.28. The van der Waals surface area contributed by atoms with Gasteiger partial charge >= 0.3 is 6.09 Å². The molecular weight excluding hydrogens is 476 g/mol. The van der Waals surface area contributed by atoms with Gasteiger partial charge in [0.1, 0.15) is 5.60 Å². The number of benzene rings is 2. The lowest BCUT2D eigenvalue weighted by molar-refractivity contribution is 0.0490. The third kappa shape index (κ3) is 5.46. The van der Waals surface area contributed by atoms with Gasteiger partial charge in [-0.05, 0) is 69.7 Å². The van der Waals surface area contributed by atoms with Gasteiger partial charge in [0.2, 0.25) is 5.89 Å². The molecule has 0 spiro atoms. The topological polar surface area (TPSA) is 107 Å². The Bertz CT molecular complexity index is 1380. The van der Waals surface area contributed by atoms with Crippen LogP contribution in [0.5, 0.6) is 0 Å². The van der Waals surface area contributed by atoms with Crippen molar-refractivity contribution in [1.82, 2.24) is 20.5 Å². The molecule has 1 aliphatic rings. The Labute approximate surface area is 213 Å². The van der Waals surface area contributed by atoms with Crippen LogP contribution in [0.15, 0.2) is 52.9 Å². The van der Waals surface area contributed by atoms with Gasteiger partial charge in [-0.25, -0.2) is 9.78 Å². The molecule has 5 rings (SSSR count). The molecule has 2 aromatic heterocycles. The highest BCUT2D eigenvalue weighted by atomic mass is 32.1. The van der Waals surface area contributed by atoms with E-state index >= 15 is 0 Å². The van der Waals surface area contributed by atoms with Gasteiger partial charge in [-0.2, -0.15) is 0 Å². The zero-order valence-electron chi connectivity index (χ0n) is 20.5. The molecule has 2 aromatic carbocycles. The van der Waals surface area contributed by atoms with E-state index in [9.17, 15) is 9.59 Å². The first-order valence-corrected chi connectivity index (χ1v) is 12.9. The summed E-state index contributed by atoms with van der Waals surface area (Å²) < 4.78 is 12.1. The predicted molar refractivity (Wildman–Crippen MR) is 137 cm³/mol. The average molecular weight is 505 g/mol. The minimum Gasteiger partial charge on any atom is -0.444 e. The van der Waals surface area contributed by atoms with Gasteiger partial charge in [0.15, 0.2) is 5.01 Å². The molecule has 9 heteroatoms. The summed E-state index contributed by atoms with van der Waals surface area (Å²) in [5, 5.41) is 11.4. The van der Waals surface area contributed by atoms with E-state index in [1.165, 1.54) is 11.3 Å². The van der Waals surface area contributed by atoms with Crippen LogP contribution in [0.3, 0.4) is 0 Å². The summed E-state index contributed by atoms with van der Waals surface area (Å²) >= 11 is 1.32. The number of fused-ring (bicyclic) bond motifs is 1. The third-order valence-electron chi connectivity index (χ3n) is 6.12. The fourth-order valence-corrected chi connectivity index (χ4v) is 5.31. The maximum absolute atomic E-state index is 13.0. The van der Waals surface area contributed by atoms with Crippen molar-refractivity contribution in [1.29, 1.82) is 0 Å². The second-order valence-corrected chi connectivity index (χ2v) is 11.1. The highest BCUT2D eigenvalue weighted by Crippen LogP contribution is 2.33. The Morgan fingerprint density at radius 2 is 1.75 bits per heavy atom. The molecule has 1 saturated carbocycles. The maximum Gasteiger partial charge on any atom is 0.407 e. The summed E-state index contributed by atoms with van der Waals surface area (Å²) in [6, 6.07) is 16.1. The summed E-state index contributed by atoms with van der Waals surface area (Å²) in [5.74, 6) is 0.110. The van der Waals surface area contributed by atoms with Crippen molar-refractivity contribution in [2.75, 3.05) is 0 Å². The van der Waals surface area contributed by atoms with Crippen LogP contribution in [-0.2, 0) is 4.74 Å². The quantitative estimate of drug-likeness (QED) is 0.326. The molecule has 2 heterocycles. The first-order chi connectivity index (χ1) is 17.2. The number of rotatable bonds is 5. The zero-order chi connectivity index (χ0) is 25.3. The number of amides is 1. The molecule has 1 amide bonds. The Morgan fingerprint density at radius 1 is 1.00 bits per heavy atom. The largest absolute Gasteiger partial charge is 0.444 e. The van der Waals surface area contributed by atoms with Crippen molar-refractivity contribution >= 4 is 33.4 Å². The second-order valence-electron chi connectivity index (χ2n) is 10.0. The van der Waals surface area contributed by atoms with Crippen molar-refractivity contribution in [2.45, 2.75) is 64.0 Å². The lowest BCUT2D eigenvalue weighted by atomic mass is 9.86. The molecule has 0 bridgehead atoms. The molecule has 0 saturated heterocycles. The molecule has 1 fully saturated rings. The van der Waals surface area contributed by atoms with Gasteiger partial charge in [0.05, 0.1) is 10.2 Å². The molecule has 36 heavy (non-hydrogen) atoms. The van der Waals surface area contributed by atoms with E-state index in [2.05, 4.69) is 32.6 Å². The van der Waals surface area contributed by atoms with Crippen LogP contribution in [0.25, 0.3) is 21.3 Å². The van der Waals surface area contributed by atoms with Gasteiger partial charge in [-0.3, -0.25) is 4.79 Å². The fraction of sp³-hybridized carbons (Fsp3) is 0.370. The van der Waals surface area contributed by atoms with E-state index < -0.39 is 11.7 Å². The molecule has 8 nitrogen and oxygen atoms in total. The molecule has 0 unspecified atom stereocenters. The molecule has 0 aliphatic heterocycles. The monoisotopic (exact) mass is 504 g/mol. The Balaban J connectivity index is 1.23. The van der Waals surface area contributed by atoms with Crippen LogP contribution in [0.4, 0.5) is 4.79 Å². The van der Waals surface area contributed by atoms with Crippen LogP contribution >= 0.6 is 11.3 Å². The van der Waals surface area contributed by atoms with Crippen LogP contribution in [0.2, 0.25) is 0 Å². The number of nitrogens with zero attached hydrogens (tertiary/aromatic N) is 3. The molecule has 0 atom stereocenters. The highest BCUT2D eigenvalue weighted by Gasteiger charge is 2.30. The minimum absolute atomic E-state index is 0.0404. The summed E-state index contributed by atoms with van der Waals surface area (Å²) in [6.45, 7) is 5.52. The number of nitrogens with one attached hydrogen (secondary N) is 1. The van der Waals surface area contributed by atoms with Crippen LogP contribution in [0.1, 0.15) is 74.0 Å². The van der Waals surface area contributed by atoms with Crippen molar-refractivity contribution in [2.24, 2.45) is 0 Å². The zero-order valence-corrected chi connectivity index (χ0v) is 21.3. The van der Waals surface area contributed by atoms with Gasteiger partial charge in [-0.1, -0.05) is 36.4 Å². The van der Waals surface area contributed by atoms with E-state index in [0.717, 1.165) is 47.0 Å². The van der Waals surface area contributed by atoms with Gasteiger partial charge in [-0.15, -0.1) is 21.5 Å². The van der Waals surface area contributed by atoms with E-state index in [4.69, 9.17) is 9.15 Å². The number of aromatic nitrogens is 3. The Hall–Kier alpha value is -3.59. The number of hydrogen-bond donors (Lipinski definition) is 1. The van der Waals surface area contributed by atoms with E-state index in [1.807, 2.05) is 57.2 Å². The maximum atomic E-state index is 13.0. The van der Waals surface area contributed by atoms with Crippen molar-refractivity contribution in [3.63, 3.8) is 0 Å². The molecule has 1 aliphatic carbocycles. The number of hydrogen-bond acceptors (Lipinski definition) is 8. The van der Waals surface area contributed by atoms with Gasteiger partial charge in [0.25, 0.3) is 11.7 Å². The van der Waals surface area contributed by atoms with E-state index in [-0.39, 0.29) is 23.6 Å². The SMILES string of the molecule is CC(C)(C)OC(=O)NC1CCC(c2nnc(C(=O)c3nc4ccc(-c5ccccc5)cc4s3)o2)CC1. The average Bonchev–Trinajstić information content (AvgIpc) is 3.51. The first-order valence-electron chi connectivity index (χ1n) is 12.1. The van der Waals surface area contributed by atoms with Crippen molar-refractivity contribution in [3.05, 3.63) is 65.3 Å². The van der Waals surface area contributed by atoms with Crippen molar-refractivity contribution in [3.8, 4) is 11.1 Å². The predicted octanol–water partition coefficient (Wildman–Crippen LogP) is 6.13. The summed E-state index contributed by atoms with van der Waals surface area (Å²) in [6.07, 6.45) is 2.71. The van der Waals surface area contributed by atoms with Crippen LogP contribution < -0.4 is 5.32 Å². The summed E-state index contributed by atoms with van der Waals surface area (Å²) in [7, 11) is 0. The second kappa shape index (κ2) is 9.81. The number of alkyl carbamates (subject to hydrolysis) is 1. The molecule has 1 N–H and O–H groups in total. The molecule has 0 radical (unpaired) electrons. The molecule has 186 valence electrons. The third-order valence-corrected chi connectivity index (χ3v) is 7.14. The van der Waals surface area contributed by atoms with E-state index in [1.54, 1.807) is 0 Å². The number of carbonyl (C=O) groups is 2. The van der Waals surface area contributed by atoms with Crippen LogP contribution in [-0.4, -0.2) is 38.7 Å². The number of carbonyl (C=O) groups excluding carboxylic acids is 2. The minimum atomic E-state index is -0.526. The normalized spacial score (nSPS) is 18.2. The van der Waals surface area contributed by atoms with Crippen LogP contribution in [0, 0.1) is 0 Å². The standard InChI is InChI=1S/C27H28N4O4S/c1-27(2,3)35-26(33)28-19-12-9-17(10-13-19)23-30-31-24(34-23)22(32)25-29-20-14-11-18(15-21(20)36-25)16-7-5-4-6-8-16/h4-8,11,14-15,17,19H,9-10,12-13H2,1-3H3,(H,28,33). The first kappa shape index (κ1) is 24.1. The lowest BCUT2D eigenvalue weighted by Crippen LogP contribution is -2.40. The molecule has 4 aromatic rings. The van der Waals surface area contributed by atoms with Gasteiger partial charge < -0.3 is 14.5 Å². The highest BCUT2D eigenvalue weighted by molar-refractivity contribution is 7.20. The van der Waals surface area contributed by atoms with Gasteiger partial charge in [0, 0.05) is 12.0 Å². The summed E-state index contributed by atoms with van der Waals surface area (Å²) in [5.41, 5.74) is 2.42. The van der Waals surface area contributed by atoms with Crippen molar-refractivity contribution < 1.29 is 18.7 Å².